The number of allylic oxidation sites excluding steroid dienone is 1. The Bertz CT molecular complexity index is 525. The van der Waals surface area contributed by atoms with Crippen molar-refractivity contribution in [1.29, 1.82) is 0 Å². The van der Waals surface area contributed by atoms with Gasteiger partial charge in [-0.3, -0.25) is 4.90 Å². The van der Waals surface area contributed by atoms with E-state index in [1.54, 1.807) is 4.90 Å². The number of aryl methyl sites for hydroxylation is 1. The Balaban J connectivity index is 1.88. The predicted octanol–water partition coefficient (Wildman–Crippen LogP) is 2.32. The van der Waals surface area contributed by atoms with E-state index >= 15 is 0 Å². The Morgan fingerprint density at radius 1 is 1.42 bits per heavy atom. The van der Waals surface area contributed by atoms with E-state index in [9.17, 15) is 4.79 Å². The first-order valence-electron chi connectivity index (χ1n) is 6.75. The van der Waals surface area contributed by atoms with Crippen molar-refractivity contribution in [3.05, 3.63) is 35.4 Å². The van der Waals surface area contributed by atoms with Crippen LogP contribution in [-0.2, 0) is 11.2 Å². The second-order valence-electron chi connectivity index (χ2n) is 5.03. The molecular formula is C15H18N2O2. The summed E-state index contributed by atoms with van der Waals surface area (Å²) >= 11 is 0. The third-order valence-electron chi connectivity index (χ3n) is 3.69. The molecule has 0 bridgehead atoms. The molecule has 1 fully saturated rings. The highest BCUT2D eigenvalue weighted by Gasteiger charge is 2.31. The molecule has 3 rings (SSSR count). The number of benzene rings is 1. The molecule has 0 saturated carbocycles. The lowest BCUT2D eigenvalue weighted by Gasteiger charge is -2.15. The second-order valence-corrected chi connectivity index (χ2v) is 5.03. The molecule has 1 saturated heterocycles. The summed E-state index contributed by atoms with van der Waals surface area (Å²) in [6.45, 7) is 0.917. The van der Waals surface area contributed by atoms with Gasteiger partial charge < -0.3 is 10.5 Å². The molecule has 1 aromatic carbocycles. The smallest absolute Gasteiger partial charge is 0.414 e. The molecule has 1 heterocycles. The number of nitrogens with zero attached hydrogens (tertiary/aromatic N) is 1. The SMILES string of the molecule is NC[C@H]1CN(c2ccc3c(c2)CCCC=C3)C(=O)O1. The van der Waals surface area contributed by atoms with Gasteiger partial charge in [-0.2, -0.15) is 0 Å². The number of carbonyl (C=O) groups is 1. The number of carbonyl (C=O) groups excluding carboxylic acids is 1. The lowest BCUT2D eigenvalue weighted by Crippen LogP contribution is -2.27. The molecule has 19 heavy (non-hydrogen) atoms. The van der Waals surface area contributed by atoms with Crippen molar-refractivity contribution < 1.29 is 9.53 Å². The van der Waals surface area contributed by atoms with Gasteiger partial charge in [-0.15, -0.1) is 0 Å². The van der Waals surface area contributed by atoms with Crippen molar-refractivity contribution in [1.82, 2.24) is 0 Å². The second kappa shape index (κ2) is 5.05. The highest BCUT2D eigenvalue weighted by atomic mass is 16.6. The monoisotopic (exact) mass is 258 g/mol. The van der Waals surface area contributed by atoms with Crippen LogP contribution in [0.1, 0.15) is 24.0 Å². The van der Waals surface area contributed by atoms with Crippen molar-refractivity contribution in [2.24, 2.45) is 5.73 Å². The Morgan fingerprint density at radius 2 is 2.32 bits per heavy atom. The first-order valence-corrected chi connectivity index (χ1v) is 6.75. The van der Waals surface area contributed by atoms with Crippen LogP contribution in [0.4, 0.5) is 10.5 Å². The molecule has 4 heteroatoms. The van der Waals surface area contributed by atoms with E-state index in [0.717, 1.165) is 24.9 Å². The van der Waals surface area contributed by atoms with Gasteiger partial charge in [0.15, 0.2) is 0 Å². The fourth-order valence-electron chi connectivity index (χ4n) is 2.61. The average Bonchev–Trinajstić information content (AvgIpc) is 2.66. The van der Waals surface area contributed by atoms with E-state index in [4.69, 9.17) is 10.5 Å². The summed E-state index contributed by atoms with van der Waals surface area (Å²) in [7, 11) is 0. The molecule has 0 radical (unpaired) electrons. The molecule has 4 nitrogen and oxygen atoms in total. The van der Waals surface area contributed by atoms with Crippen LogP contribution in [0.5, 0.6) is 0 Å². The van der Waals surface area contributed by atoms with Gasteiger partial charge in [-0.1, -0.05) is 18.2 Å². The van der Waals surface area contributed by atoms with Crippen molar-refractivity contribution in [2.45, 2.75) is 25.4 Å². The first kappa shape index (κ1) is 12.2. The minimum Gasteiger partial charge on any atom is -0.443 e. The molecule has 1 atom stereocenters. The lowest BCUT2D eigenvalue weighted by molar-refractivity contribution is 0.145. The zero-order valence-corrected chi connectivity index (χ0v) is 10.8. The van der Waals surface area contributed by atoms with E-state index < -0.39 is 0 Å². The van der Waals surface area contributed by atoms with Crippen LogP contribution in [0.15, 0.2) is 24.3 Å². The minimum atomic E-state index is -0.292. The van der Waals surface area contributed by atoms with Crippen LogP contribution in [0.2, 0.25) is 0 Å². The number of ether oxygens (including phenoxy) is 1. The maximum absolute atomic E-state index is 11.8. The molecule has 0 unspecified atom stereocenters. The fraction of sp³-hybridized carbons (Fsp3) is 0.400. The van der Waals surface area contributed by atoms with Crippen molar-refractivity contribution in [3.8, 4) is 0 Å². The standard InChI is InChI=1S/C15H18N2O2/c16-9-14-10-17(15(18)19-14)13-7-6-11-4-2-1-3-5-12(11)8-13/h2,4,6-8,14H,1,3,5,9-10,16H2/t14-/m0/s1. The number of hydrogen-bond acceptors (Lipinski definition) is 3. The third-order valence-corrected chi connectivity index (χ3v) is 3.69. The number of amides is 1. The van der Waals surface area contributed by atoms with E-state index in [1.807, 2.05) is 6.07 Å². The molecule has 0 aromatic heterocycles. The van der Waals surface area contributed by atoms with E-state index in [-0.39, 0.29) is 12.2 Å². The van der Waals surface area contributed by atoms with Crippen molar-refractivity contribution >= 4 is 17.9 Å². The zero-order valence-electron chi connectivity index (χ0n) is 10.8. The van der Waals surface area contributed by atoms with E-state index in [0.29, 0.717) is 13.1 Å². The van der Waals surface area contributed by atoms with Gasteiger partial charge in [-0.05, 0) is 42.5 Å². The topological polar surface area (TPSA) is 55.6 Å². The number of hydrogen-bond donors (Lipinski definition) is 1. The van der Waals surface area contributed by atoms with Crippen LogP contribution in [0.3, 0.4) is 0 Å². The Morgan fingerprint density at radius 3 is 3.11 bits per heavy atom. The number of rotatable bonds is 2. The first-order chi connectivity index (χ1) is 9.28. The van der Waals surface area contributed by atoms with Gasteiger partial charge >= 0.3 is 6.09 Å². The van der Waals surface area contributed by atoms with Gasteiger partial charge in [0.05, 0.1) is 6.54 Å². The summed E-state index contributed by atoms with van der Waals surface area (Å²) in [6.07, 6.45) is 7.22. The van der Waals surface area contributed by atoms with E-state index in [2.05, 4.69) is 24.3 Å². The maximum atomic E-state index is 11.8. The summed E-state index contributed by atoms with van der Waals surface area (Å²) in [5.41, 5.74) is 9.02. The predicted molar refractivity (Wildman–Crippen MR) is 75.1 cm³/mol. The number of fused-ring (bicyclic) bond motifs is 1. The Labute approximate surface area is 112 Å². The fourth-order valence-corrected chi connectivity index (χ4v) is 2.61. The van der Waals surface area contributed by atoms with Crippen LogP contribution >= 0.6 is 0 Å². The minimum absolute atomic E-state index is 0.189. The largest absolute Gasteiger partial charge is 0.443 e. The van der Waals surface area contributed by atoms with Gasteiger partial charge in [-0.25, -0.2) is 4.79 Å². The van der Waals surface area contributed by atoms with Crippen LogP contribution < -0.4 is 10.6 Å². The molecule has 1 aliphatic heterocycles. The summed E-state index contributed by atoms with van der Waals surface area (Å²) < 4.78 is 5.19. The van der Waals surface area contributed by atoms with Gasteiger partial charge in [0.25, 0.3) is 0 Å². The van der Waals surface area contributed by atoms with Gasteiger partial charge in [0.2, 0.25) is 0 Å². The quantitative estimate of drug-likeness (QED) is 0.885. The average molecular weight is 258 g/mol. The molecule has 0 spiro atoms. The summed E-state index contributed by atoms with van der Waals surface area (Å²) in [6, 6.07) is 6.16. The lowest BCUT2D eigenvalue weighted by atomic mass is 10.0. The summed E-state index contributed by atoms with van der Waals surface area (Å²) in [5, 5.41) is 0. The molecule has 2 N–H and O–H groups in total. The number of nitrogens with two attached hydrogens (primary N) is 1. The van der Waals surface area contributed by atoms with E-state index in [1.165, 1.54) is 11.1 Å². The number of cyclic esters (lactones) is 1. The molecule has 1 aromatic rings. The number of anilines is 1. The maximum Gasteiger partial charge on any atom is 0.414 e. The normalized spacial score (nSPS) is 22.1. The molecule has 100 valence electrons. The summed E-state index contributed by atoms with van der Waals surface area (Å²) in [5.74, 6) is 0. The Kier molecular flexibility index (Phi) is 3.25. The molecule has 1 amide bonds. The molecule has 1 aliphatic carbocycles. The van der Waals surface area contributed by atoms with Gasteiger partial charge in [0.1, 0.15) is 6.10 Å². The Hall–Kier alpha value is -1.81. The van der Waals surface area contributed by atoms with Crippen LogP contribution in [-0.4, -0.2) is 25.3 Å². The third kappa shape index (κ3) is 2.36. The molecule has 2 aliphatic rings. The van der Waals surface area contributed by atoms with Gasteiger partial charge in [0, 0.05) is 12.2 Å². The van der Waals surface area contributed by atoms with Crippen molar-refractivity contribution in [2.75, 3.05) is 18.0 Å². The molecular weight excluding hydrogens is 240 g/mol. The highest BCUT2D eigenvalue weighted by molar-refractivity contribution is 5.90. The zero-order chi connectivity index (χ0) is 13.2. The summed E-state index contributed by atoms with van der Waals surface area (Å²) in [4.78, 5) is 13.5. The highest BCUT2D eigenvalue weighted by Crippen LogP contribution is 2.27. The van der Waals surface area contributed by atoms with Crippen molar-refractivity contribution in [3.63, 3.8) is 0 Å². The van der Waals surface area contributed by atoms with Crippen LogP contribution in [0.25, 0.3) is 6.08 Å². The van der Waals surface area contributed by atoms with Crippen LogP contribution in [0, 0.1) is 0 Å².